The van der Waals surface area contributed by atoms with E-state index in [0.29, 0.717) is 10.9 Å². The third-order valence-corrected chi connectivity index (χ3v) is 2.86. The van der Waals surface area contributed by atoms with Crippen molar-refractivity contribution in [2.45, 2.75) is 12.1 Å². The summed E-state index contributed by atoms with van der Waals surface area (Å²) in [6, 6.07) is 8.31. The van der Waals surface area contributed by atoms with Crippen LogP contribution in [0.5, 0.6) is 0 Å². The number of carbonyl (C=O) groups excluding carboxylic acids is 1. The summed E-state index contributed by atoms with van der Waals surface area (Å²) in [4.78, 5) is 15.6. The van der Waals surface area contributed by atoms with Crippen LogP contribution in [0.2, 0.25) is 0 Å². The average Bonchev–Trinajstić information content (AvgIpc) is 2.38. The lowest BCUT2D eigenvalue weighted by atomic mass is 10.1. The summed E-state index contributed by atoms with van der Waals surface area (Å²) >= 11 is 5.69. The summed E-state index contributed by atoms with van der Waals surface area (Å²) in [5.74, 6) is -1.12. The zero-order valence-electron chi connectivity index (χ0n) is 9.69. The van der Waals surface area contributed by atoms with Gasteiger partial charge in [0, 0.05) is 17.1 Å². The van der Waals surface area contributed by atoms with Gasteiger partial charge >= 0.3 is 11.1 Å². The number of fused-ring (bicyclic) bond motifs is 1. The Morgan fingerprint density at radius 1 is 1.44 bits per heavy atom. The van der Waals surface area contributed by atoms with Crippen molar-refractivity contribution in [2.75, 3.05) is 6.61 Å². The monoisotopic (exact) mass is 267 g/mol. The van der Waals surface area contributed by atoms with Gasteiger partial charge in [0.2, 0.25) is 0 Å². The molecular weight excluding hydrogens is 257 g/mol. The fourth-order valence-corrected chi connectivity index (χ4v) is 1.90. The minimum atomic E-state index is -2.72. The van der Waals surface area contributed by atoms with Gasteiger partial charge in [-0.2, -0.15) is 0 Å². The molecular formula is C13H11ClFNO2. The molecule has 0 saturated carbocycles. The number of para-hydroxylation sites is 1. The number of ether oxygens (including phenoxy) is 1. The van der Waals surface area contributed by atoms with Crippen molar-refractivity contribution in [1.29, 1.82) is 0 Å². The second kappa shape index (κ2) is 4.90. The Labute approximate surface area is 109 Å². The summed E-state index contributed by atoms with van der Waals surface area (Å²) in [5.41, 5.74) is 0.353. The first-order valence-electron chi connectivity index (χ1n) is 5.46. The number of hydrogen-bond donors (Lipinski definition) is 0. The molecule has 0 spiro atoms. The van der Waals surface area contributed by atoms with E-state index in [-0.39, 0.29) is 12.2 Å². The molecule has 0 fully saturated rings. The van der Waals surface area contributed by atoms with E-state index < -0.39 is 11.1 Å². The largest absolute Gasteiger partial charge is 0.462 e. The molecule has 5 heteroatoms. The topological polar surface area (TPSA) is 39.2 Å². The molecule has 2 aromatic rings. The molecule has 1 aromatic heterocycles. The molecule has 0 radical (unpaired) electrons. The van der Waals surface area contributed by atoms with Gasteiger partial charge in [0.05, 0.1) is 12.1 Å². The van der Waals surface area contributed by atoms with E-state index in [1.165, 1.54) is 12.3 Å². The zero-order chi connectivity index (χ0) is 13.2. The van der Waals surface area contributed by atoms with Crippen molar-refractivity contribution < 1.29 is 13.9 Å². The predicted molar refractivity (Wildman–Crippen MR) is 67.0 cm³/mol. The molecule has 18 heavy (non-hydrogen) atoms. The highest BCUT2D eigenvalue weighted by Crippen LogP contribution is 2.36. The number of alkyl halides is 2. The van der Waals surface area contributed by atoms with Crippen molar-refractivity contribution in [3.05, 3.63) is 42.1 Å². The van der Waals surface area contributed by atoms with E-state index in [9.17, 15) is 9.18 Å². The smallest absolute Gasteiger partial charge is 0.364 e. The fraction of sp³-hybridized carbons (Fsp3) is 0.231. The fourth-order valence-electron chi connectivity index (χ4n) is 1.69. The van der Waals surface area contributed by atoms with E-state index in [1.54, 1.807) is 31.2 Å². The Balaban J connectivity index is 2.56. The first kappa shape index (κ1) is 12.8. The van der Waals surface area contributed by atoms with Crippen LogP contribution in [-0.4, -0.2) is 17.6 Å². The highest BCUT2D eigenvalue weighted by Gasteiger charge is 2.41. The maximum atomic E-state index is 14.4. The molecule has 0 saturated heterocycles. The molecule has 0 N–H and O–H groups in total. The lowest BCUT2D eigenvalue weighted by Crippen LogP contribution is -2.27. The third-order valence-electron chi connectivity index (χ3n) is 2.50. The van der Waals surface area contributed by atoms with E-state index >= 15 is 0 Å². The van der Waals surface area contributed by atoms with E-state index in [0.717, 1.165) is 0 Å². The van der Waals surface area contributed by atoms with Crippen LogP contribution < -0.4 is 0 Å². The number of benzene rings is 1. The maximum absolute atomic E-state index is 14.4. The van der Waals surface area contributed by atoms with Crippen molar-refractivity contribution in [2.24, 2.45) is 0 Å². The third kappa shape index (κ3) is 2.16. The highest BCUT2D eigenvalue weighted by molar-refractivity contribution is 6.33. The molecule has 0 aliphatic rings. The summed E-state index contributed by atoms with van der Waals surface area (Å²) < 4.78 is 19.0. The van der Waals surface area contributed by atoms with Gasteiger partial charge in [0.15, 0.2) is 0 Å². The Bertz CT molecular complexity index is 581. The van der Waals surface area contributed by atoms with Gasteiger partial charge in [-0.05, 0) is 13.0 Å². The number of pyridine rings is 1. The molecule has 1 unspecified atom stereocenters. The normalized spacial score (nSPS) is 14.2. The first-order chi connectivity index (χ1) is 8.57. The van der Waals surface area contributed by atoms with Crippen LogP contribution in [0.1, 0.15) is 12.5 Å². The van der Waals surface area contributed by atoms with Crippen LogP contribution in [0, 0.1) is 0 Å². The second-order valence-electron chi connectivity index (χ2n) is 3.68. The van der Waals surface area contributed by atoms with Crippen molar-refractivity contribution >= 4 is 28.5 Å². The molecule has 0 aliphatic carbocycles. The standard InChI is InChI=1S/C13H11ClFNO2/c1-2-18-12(17)13(14,15)10-7-3-5-9-6-4-8-16-11(9)10/h3-8H,2H2,1H3. The van der Waals surface area contributed by atoms with E-state index in [2.05, 4.69) is 9.72 Å². The van der Waals surface area contributed by atoms with Crippen LogP contribution in [0.25, 0.3) is 10.9 Å². The highest BCUT2D eigenvalue weighted by atomic mass is 35.5. The molecule has 1 aromatic carbocycles. The summed E-state index contributed by atoms with van der Waals surface area (Å²) in [6.45, 7) is 1.65. The van der Waals surface area contributed by atoms with Gasteiger partial charge in [-0.25, -0.2) is 9.18 Å². The van der Waals surface area contributed by atoms with E-state index in [4.69, 9.17) is 11.6 Å². The van der Waals surface area contributed by atoms with Crippen molar-refractivity contribution in [3.8, 4) is 0 Å². The van der Waals surface area contributed by atoms with Crippen LogP contribution >= 0.6 is 11.6 Å². The molecule has 3 nitrogen and oxygen atoms in total. The number of esters is 1. The first-order valence-corrected chi connectivity index (χ1v) is 5.84. The van der Waals surface area contributed by atoms with Crippen LogP contribution in [-0.2, 0) is 14.7 Å². The van der Waals surface area contributed by atoms with Gasteiger partial charge in [-0.3, -0.25) is 4.98 Å². The summed E-state index contributed by atoms with van der Waals surface area (Å²) in [6.07, 6.45) is 1.52. The molecule has 0 amide bonds. The Morgan fingerprint density at radius 3 is 2.89 bits per heavy atom. The number of aromatic nitrogens is 1. The summed E-state index contributed by atoms with van der Waals surface area (Å²) in [5, 5.41) is -2.01. The van der Waals surface area contributed by atoms with Crippen LogP contribution in [0.3, 0.4) is 0 Å². The van der Waals surface area contributed by atoms with Crippen molar-refractivity contribution in [3.63, 3.8) is 0 Å². The van der Waals surface area contributed by atoms with Gasteiger partial charge in [-0.15, -0.1) is 0 Å². The van der Waals surface area contributed by atoms with Gasteiger partial charge < -0.3 is 4.74 Å². The Kier molecular flexibility index (Phi) is 3.48. The molecule has 94 valence electrons. The predicted octanol–water partition coefficient (Wildman–Crippen LogP) is 3.16. The number of hydrogen-bond acceptors (Lipinski definition) is 3. The quantitative estimate of drug-likeness (QED) is 0.633. The molecule has 1 atom stereocenters. The SMILES string of the molecule is CCOC(=O)C(F)(Cl)c1cccc2cccnc12. The van der Waals surface area contributed by atoms with Crippen LogP contribution in [0.15, 0.2) is 36.5 Å². The van der Waals surface area contributed by atoms with Crippen molar-refractivity contribution in [1.82, 2.24) is 4.98 Å². The Morgan fingerprint density at radius 2 is 2.17 bits per heavy atom. The lowest BCUT2D eigenvalue weighted by molar-refractivity contribution is -0.152. The summed E-state index contributed by atoms with van der Waals surface area (Å²) in [7, 11) is 0. The Hall–Kier alpha value is -1.68. The maximum Gasteiger partial charge on any atom is 0.364 e. The van der Waals surface area contributed by atoms with Gasteiger partial charge in [0.1, 0.15) is 0 Å². The number of nitrogens with zero attached hydrogens (tertiary/aromatic N) is 1. The van der Waals surface area contributed by atoms with Gasteiger partial charge in [0.25, 0.3) is 0 Å². The molecule has 0 aliphatic heterocycles. The number of halogens is 2. The van der Waals surface area contributed by atoms with Gasteiger partial charge in [-0.1, -0.05) is 35.9 Å². The lowest BCUT2D eigenvalue weighted by Gasteiger charge is -2.17. The molecule has 0 bridgehead atoms. The minimum absolute atomic E-state index is 0.000664. The number of rotatable bonds is 3. The molecule has 2 rings (SSSR count). The number of carbonyl (C=O) groups is 1. The van der Waals surface area contributed by atoms with E-state index in [1.807, 2.05) is 0 Å². The minimum Gasteiger partial charge on any atom is -0.462 e. The average molecular weight is 268 g/mol. The zero-order valence-corrected chi connectivity index (χ0v) is 10.4. The van der Waals surface area contributed by atoms with Crippen LogP contribution in [0.4, 0.5) is 4.39 Å². The molecule has 1 heterocycles. The second-order valence-corrected chi connectivity index (χ2v) is 4.20.